The third kappa shape index (κ3) is 5.71. The molecule has 1 fully saturated rings. The fourth-order valence-corrected chi connectivity index (χ4v) is 4.93. The van der Waals surface area contributed by atoms with E-state index in [1.54, 1.807) is 12.1 Å². The highest BCUT2D eigenvalue weighted by molar-refractivity contribution is 6.36. The lowest BCUT2D eigenvalue weighted by molar-refractivity contribution is -0.146. The number of piperazine rings is 1. The van der Waals surface area contributed by atoms with E-state index in [4.69, 9.17) is 0 Å². The molecule has 36 heavy (non-hydrogen) atoms. The highest BCUT2D eigenvalue weighted by Crippen LogP contribution is 2.24. The monoisotopic (exact) mass is 496 g/mol. The Morgan fingerprint density at radius 1 is 1.00 bits per heavy atom. The van der Waals surface area contributed by atoms with E-state index in [1.807, 2.05) is 20.8 Å². The van der Waals surface area contributed by atoms with Gasteiger partial charge in [0.15, 0.2) is 0 Å². The number of Topliss-reactive ketones (excluding diaryl/α,β-unsaturated/α-hetero) is 1. The summed E-state index contributed by atoms with van der Waals surface area (Å²) < 4.78 is 14.7. The van der Waals surface area contributed by atoms with Gasteiger partial charge in [-0.1, -0.05) is 26.8 Å². The molecule has 2 aromatic rings. The van der Waals surface area contributed by atoms with Crippen molar-refractivity contribution in [1.29, 1.82) is 0 Å². The molecular weight excluding hydrogens is 463 g/mol. The minimum atomic E-state index is -0.612. The van der Waals surface area contributed by atoms with Crippen LogP contribution >= 0.6 is 0 Å². The Kier molecular flexibility index (Phi) is 7.38. The van der Waals surface area contributed by atoms with Gasteiger partial charge in [-0.3, -0.25) is 19.2 Å². The van der Waals surface area contributed by atoms with Gasteiger partial charge in [-0.25, -0.2) is 9.49 Å². The van der Waals surface area contributed by atoms with Gasteiger partial charge in [0.1, 0.15) is 5.82 Å². The van der Waals surface area contributed by atoms with Gasteiger partial charge in [-0.15, -0.1) is 0 Å². The first-order valence-electron chi connectivity index (χ1n) is 12.5. The van der Waals surface area contributed by atoms with Gasteiger partial charge < -0.3 is 9.80 Å². The van der Waals surface area contributed by atoms with Crippen LogP contribution in [0.1, 0.15) is 72.8 Å². The molecule has 2 aliphatic rings. The van der Waals surface area contributed by atoms with Gasteiger partial charge in [0.2, 0.25) is 5.78 Å². The van der Waals surface area contributed by atoms with Crippen molar-refractivity contribution in [3.05, 3.63) is 62.3 Å². The highest BCUT2D eigenvalue weighted by Gasteiger charge is 2.31. The second-order valence-electron chi connectivity index (χ2n) is 10.9. The lowest BCUT2D eigenvalue weighted by Crippen LogP contribution is -2.52. The Hall–Kier alpha value is -3.36. The molecule has 2 amide bonds. The van der Waals surface area contributed by atoms with E-state index in [0.29, 0.717) is 6.42 Å². The number of nitrogens with zero attached hydrogens (tertiary/aromatic N) is 3. The summed E-state index contributed by atoms with van der Waals surface area (Å²) in [5, 5.41) is 6.81. The zero-order chi connectivity index (χ0) is 26.0. The maximum absolute atomic E-state index is 14.7. The number of amides is 2. The lowest BCUT2D eigenvalue weighted by Gasteiger charge is -2.35. The van der Waals surface area contributed by atoms with Crippen LogP contribution < -0.4 is 5.56 Å². The maximum atomic E-state index is 14.7. The Balaban J connectivity index is 1.44. The van der Waals surface area contributed by atoms with Crippen molar-refractivity contribution in [3.63, 3.8) is 0 Å². The molecule has 1 aliphatic heterocycles. The van der Waals surface area contributed by atoms with Crippen LogP contribution in [0.4, 0.5) is 4.39 Å². The maximum Gasteiger partial charge on any atom is 0.290 e. The van der Waals surface area contributed by atoms with Crippen molar-refractivity contribution >= 4 is 17.6 Å². The van der Waals surface area contributed by atoms with Crippen LogP contribution in [-0.4, -0.2) is 63.8 Å². The van der Waals surface area contributed by atoms with E-state index in [0.717, 1.165) is 48.1 Å². The van der Waals surface area contributed by atoms with E-state index in [9.17, 15) is 23.6 Å². The van der Waals surface area contributed by atoms with Crippen molar-refractivity contribution in [3.8, 4) is 0 Å². The van der Waals surface area contributed by atoms with Gasteiger partial charge in [0, 0.05) is 44.6 Å². The van der Waals surface area contributed by atoms with Crippen LogP contribution in [-0.2, 0) is 28.9 Å². The number of H-pyrrole nitrogens is 1. The van der Waals surface area contributed by atoms with Crippen LogP contribution in [0.15, 0.2) is 23.0 Å². The minimum absolute atomic E-state index is 0.0330. The summed E-state index contributed by atoms with van der Waals surface area (Å²) in [6.45, 7) is 6.63. The molecule has 0 spiro atoms. The molecule has 4 rings (SSSR count). The second-order valence-corrected chi connectivity index (χ2v) is 10.9. The summed E-state index contributed by atoms with van der Waals surface area (Å²) in [5.41, 5.74) is 2.75. The van der Waals surface area contributed by atoms with E-state index in [1.165, 1.54) is 15.9 Å². The van der Waals surface area contributed by atoms with Crippen LogP contribution in [0.2, 0.25) is 0 Å². The number of nitrogens with one attached hydrogen (secondary N) is 1. The topological polar surface area (TPSA) is 103 Å². The molecule has 0 unspecified atom stereocenters. The Bertz CT molecular complexity index is 1240. The van der Waals surface area contributed by atoms with Crippen LogP contribution in [0.25, 0.3) is 0 Å². The fourth-order valence-electron chi connectivity index (χ4n) is 4.93. The van der Waals surface area contributed by atoms with Gasteiger partial charge in [-0.05, 0) is 54.4 Å². The molecule has 2 heterocycles. The summed E-state index contributed by atoms with van der Waals surface area (Å²) in [7, 11) is 0. The zero-order valence-electron chi connectivity index (χ0n) is 21.2. The van der Waals surface area contributed by atoms with Gasteiger partial charge >= 0.3 is 0 Å². The lowest BCUT2D eigenvalue weighted by atomic mass is 9.89. The van der Waals surface area contributed by atoms with Crippen molar-refractivity contribution in [2.45, 2.75) is 59.3 Å². The first kappa shape index (κ1) is 25.7. The molecule has 1 aromatic heterocycles. The standard InChI is InChI=1S/C27H33FN4O4/c1-27(2,3)16-23(33)26(36)32-12-10-31(11-13-32)25(35)20-14-17(8-9-21(20)28)15-22-18-6-4-5-7-19(18)24(34)30-29-22/h8-9,14H,4-7,10-13,15-16H2,1-3H3,(H,30,34). The number of benzene rings is 1. The van der Waals surface area contributed by atoms with E-state index in [2.05, 4.69) is 10.2 Å². The van der Waals surface area contributed by atoms with Gasteiger partial charge in [0.25, 0.3) is 17.4 Å². The van der Waals surface area contributed by atoms with E-state index < -0.39 is 23.4 Å². The third-order valence-corrected chi connectivity index (χ3v) is 6.80. The zero-order valence-corrected chi connectivity index (χ0v) is 21.2. The molecule has 1 N–H and O–H groups in total. The van der Waals surface area contributed by atoms with Crippen molar-refractivity contribution in [2.75, 3.05) is 26.2 Å². The van der Waals surface area contributed by atoms with Crippen LogP contribution in [0, 0.1) is 11.2 Å². The molecule has 0 bridgehead atoms. The molecule has 192 valence electrons. The average Bonchev–Trinajstić information content (AvgIpc) is 2.85. The largest absolute Gasteiger partial charge is 0.335 e. The van der Waals surface area contributed by atoms with Gasteiger partial charge in [0.05, 0.1) is 11.3 Å². The van der Waals surface area contributed by atoms with E-state index in [-0.39, 0.29) is 49.1 Å². The quantitative estimate of drug-likeness (QED) is 0.641. The number of fused-ring (bicyclic) bond motifs is 1. The minimum Gasteiger partial charge on any atom is -0.335 e. The molecule has 0 radical (unpaired) electrons. The van der Waals surface area contributed by atoms with Crippen molar-refractivity contribution in [1.82, 2.24) is 20.0 Å². The second kappa shape index (κ2) is 10.3. The predicted octanol–water partition coefficient (Wildman–Crippen LogP) is 2.67. The molecule has 8 nitrogen and oxygen atoms in total. The summed E-state index contributed by atoms with van der Waals surface area (Å²) in [6, 6.07) is 4.46. The number of hydrogen-bond donors (Lipinski definition) is 1. The Morgan fingerprint density at radius 3 is 2.31 bits per heavy atom. The van der Waals surface area contributed by atoms with Crippen molar-refractivity contribution in [2.24, 2.45) is 5.41 Å². The van der Waals surface area contributed by atoms with Crippen molar-refractivity contribution < 1.29 is 18.8 Å². The predicted molar refractivity (Wildman–Crippen MR) is 132 cm³/mol. The number of carbonyl (C=O) groups excluding carboxylic acids is 3. The number of ketones is 1. The van der Waals surface area contributed by atoms with Crippen LogP contribution in [0.3, 0.4) is 0 Å². The molecule has 1 aromatic carbocycles. The smallest absolute Gasteiger partial charge is 0.290 e. The highest BCUT2D eigenvalue weighted by atomic mass is 19.1. The van der Waals surface area contributed by atoms with Gasteiger partial charge in [-0.2, -0.15) is 5.10 Å². The summed E-state index contributed by atoms with van der Waals surface area (Å²) in [6.07, 6.45) is 4.03. The number of hydrogen-bond acceptors (Lipinski definition) is 5. The van der Waals surface area contributed by atoms with E-state index >= 15 is 0 Å². The molecule has 0 atom stereocenters. The Labute approximate surface area is 209 Å². The molecule has 1 aliphatic carbocycles. The number of aromatic nitrogens is 2. The first-order chi connectivity index (χ1) is 17.0. The summed E-state index contributed by atoms with van der Waals surface area (Å²) in [4.78, 5) is 53.1. The summed E-state index contributed by atoms with van der Waals surface area (Å²) in [5.74, 6) is -2.01. The fraction of sp³-hybridized carbons (Fsp3) is 0.519. The van der Waals surface area contributed by atoms with Crippen LogP contribution in [0.5, 0.6) is 0 Å². The SMILES string of the molecule is CC(C)(C)CC(=O)C(=O)N1CCN(C(=O)c2cc(Cc3n[nH]c(=O)c4c3CCCC4)ccc2F)CC1. The summed E-state index contributed by atoms with van der Waals surface area (Å²) >= 11 is 0. The molecule has 9 heteroatoms. The third-order valence-electron chi connectivity index (χ3n) is 6.80. The normalized spacial score (nSPS) is 16.0. The first-order valence-corrected chi connectivity index (χ1v) is 12.5. The number of aromatic amines is 1. The number of carbonyl (C=O) groups is 3. The molecule has 0 saturated carbocycles. The average molecular weight is 497 g/mol. The molecule has 1 saturated heterocycles. The molecular formula is C27H33FN4O4. The Morgan fingerprint density at radius 2 is 1.64 bits per heavy atom. The number of halogens is 1. The number of rotatable bonds is 5.